The highest BCUT2D eigenvalue weighted by molar-refractivity contribution is 6.05. The lowest BCUT2D eigenvalue weighted by Crippen LogP contribution is -2.23. The Labute approximate surface area is 137 Å². The molecule has 0 bridgehead atoms. The van der Waals surface area contributed by atoms with Crippen LogP contribution in [0.4, 0.5) is 0 Å². The highest BCUT2D eigenvalue weighted by Crippen LogP contribution is 2.42. The van der Waals surface area contributed by atoms with Crippen molar-refractivity contribution in [2.45, 2.75) is 51.4 Å². The summed E-state index contributed by atoms with van der Waals surface area (Å²) in [5.41, 5.74) is 2.62. The van der Waals surface area contributed by atoms with Gasteiger partial charge in [0.15, 0.2) is 0 Å². The monoisotopic (exact) mass is 304 g/mol. The second-order valence-corrected chi connectivity index (χ2v) is 7.57. The molecule has 1 fully saturated rings. The summed E-state index contributed by atoms with van der Waals surface area (Å²) in [6.45, 7) is 0. The predicted molar refractivity (Wildman–Crippen MR) is 95.8 cm³/mol. The minimum absolute atomic E-state index is 0.856. The minimum Gasteiger partial charge on any atom is -0.460 e. The van der Waals surface area contributed by atoms with Crippen LogP contribution >= 0.6 is 0 Å². The van der Waals surface area contributed by atoms with Gasteiger partial charge in [0.25, 0.3) is 0 Å². The van der Waals surface area contributed by atoms with E-state index < -0.39 is 0 Å². The van der Waals surface area contributed by atoms with Crippen LogP contribution in [0.2, 0.25) is 0 Å². The summed E-state index contributed by atoms with van der Waals surface area (Å²) >= 11 is 0. The minimum atomic E-state index is 0.856. The quantitative estimate of drug-likeness (QED) is 0.516. The van der Waals surface area contributed by atoms with Crippen molar-refractivity contribution in [3.63, 3.8) is 0 Å². The fraction of sp³-hybridized carbons (Fsp3) is 0.455. The molecule has 1 atom stereocenters. The molecule has 1 heterocycles. The van der Waals surface area contributed by atoms with Gasteiger partial charge in [-0.3, -0.25) is 0 Å². The van der Waals surface area contributed by atoms with Crippen LogP contribution in [0.25, 0.3) is 21.7 Å². The topological polar surface area (TPSA) is 13.1 Å². The zero-order valence-electron chi connectivity index (χ0n) is 13.7. The zero-order valence-corrected chi connectivity index (χ0v) is 13.7. The van der Waals surface area contributed by atoms with Gasteiger partial charge in [-0.25, -0.2) is 0 Å². The van der Waals surface area contributed by atoms with E-state index in [0.717, 1.165) is 17.4 Å². The third-order valence-corrected chi connectivity index (χ3v) is 6.30. The van der Waals surface area contributed by atoms with Gasteiger partial charge in [-0.15, -0.1) is 0 Å². The maximum atomic E-state index is 6.42. The van der Waals surface area contributed by atoms with Gasteiger partial charge in [0.1, 0.15) is 11.3 Å². The lowest BCUT2D eigenvalue weighted by Gasteiger charge is -2.32. The maximum Gasteiger partial charge on any atom is 0.142 e. The molecule has 3 aromatic rings. The van der Waals surface area contributed by atoms with Crippen LogP contribution in [-0.2, 0) is 12.8 Å². The molecule has 0 N–H and O–H groups in total. The Bertz CT molecular complexity index is 851. The summed E-state index contributed by atoms with van der Waals surface area (Å²) in [6.07, 6.45) is 11.0. The molecule has 0 radical (unpaired) electrons. The number of rotatable bonds is 1. The van der Waals surface area contributed by atoms with Gasteiger partial charge in [-0.2, -0.15) is 0 Å². The van der Waals surface area contributed by atoms with Crippen molar-refractivity contribution in [2.24, 2.45) is 11.8 Å². The smallest absolute Gasteiger partial charge is 0.142 e. The van der Waals surface area contributed by atoms with Gasteiger partial charge in [0, 0.05) is 22.8 Å². The molecular formula is C22H24O. The average Bonchev–Trinajstić information content (AvgIpc) is 3.00. The first-order valence-corrected chi connectivity index (χ1v) is 9.32. The second-order valence-electron chi connectivity index (χ2n) is 7.57. The van der Waals surface area contributed by atoms with Crippen LogP contribution < -0.4 is 0 Å². The number of aryl methyl sites for hydroxylation is 1. The van der Waals surface area contributed by atoms with E-state index in [4.69, 9.17) is 4.42 Å². The van der Waals surface area contributed by atoms with Gasteiger partial charge < -0.3 is 4.42 Å². The average molecular weight is 304 g/mol. The molecule has 23 heavy (non-hydrogen) atoms. The molecule has 0 saturated heterocycles. The Morgan fingerprint density at radius 2 is 1.65 bits per heavy atom. The number of fused-ring (bicyclic) bond motifs is 5. The molecule has 1 nitrogen and oxygen atoms in total. The Morgan fingerprint density at radius 3 is 2.57 bits per heavy atom. The fourth-order valence-electron chi connectivity index (χ4n) is 5.04. The molecule has 0 aliphatic heterocycles. The molecule has 0 amide bonds. The van der Waals surface area contributed by atoms with Gasteiger partial charge >= 0.3 is 0 Å². The van der Waals surface area contributed by atoms with Gasteiger partial charge in [-0.05, 0) is 30.1 Å². The van der Waals surface area contributed by atoms with E-state index in [2.05, 4.69) is 36.4 Å². The van der Waals surface area contributed by atoms with Crippen LogP contribution in [0.3, 0.4) is 0 Å². The molecule has 1 aromatic heterocycles. The normalized spacial score (nSPS) is 22.5. The lowest BCUT2D eigenvalue weighted by molar-refractivity contribution is 0.218. The molecular weight excluding hydrogens is 280 g/mol. The Kier molecular flexibility index (Phi) is 3.21. The highest BCUT2D eigenvalue weighted by atomic mass is 16.3. The fourth-order valence-corrected chi connectivity index (χ4v) is 5.04. The first-order chi connectivity index (χ1) is 11.4. The Balaban J connectivity index is 1.56. The summed E-state index contributed by atoms with van der Waals surface area (Å²) in [5.74, 6) is 3.09. The molecule has 2 aromatic carbocycles. The van der Waals surface area contributed by atoms with E-state index in [9.17, 15) is 0 Å². The van der Waals surface area contributed by atoms with Crippen molar-refractivity contribution in [3.8, 4) is 0 Å². The summed E-state index contributed by atoms with van der Waals surface area (Å²) in [7, 11) is 0. The standard InChI is InChI=1S/C22H24O/c1-2-6-15(7-3-1)17-11-12-19-20-13-10-16-8-4-5-9-18(16)22(20)23-21(19)14-17/h4-5,8-10,13,15,17H,1-3,6-7,11-12,14H2. The summed E-state index contributed by atoms with van der Waals surface area (Å²) in [5, 5.41) is 3.92. The Morgan fingerprint density at radius 1 is 0.783 bits per heavy atom. The van der Waals surface area contributed by atoms with E-state index in [1.54, 1.807) is 0 Å². The van der Waals surface area contributed by atoms with E-state index >= 15 is 0 Å². The van der Waals surface area contributed by atoms with Crippen molar-refractivity contribution in [2.75, 3.05) is 0 Å². The molecule has 1 heteroatoms. The third kappa shape index (κ3) is 2.21. The van der Waals surface area contributed by atoms with Gasteiger partial charge in [0.2, 0.25) is 0 Å². The van der Waals surface area contributed by atoms with Crippen LogP contribution in [0.15, 0.2) is 40.8 Å². The lowest BCUT2D eigenvalue weighted by atomic mass is 9.73. The molecule has 2 aliphatic carbocycles. The van der Waals surface area contributed by atoms with Crippen LogP contribution in [0.1, 0.15) is 49.8 Å². The van der Waals surface area contributed by atoms with Crippen molar-refractivity contribution in [3.05, 3.63) is 47.7 Å². The van der Waals surface area contributed by atoms with Crippen molar-refractivity contribution >= 4 is 21.7 Å². The number of hydrogen-bond donors (Lipinski definition) is 0. The van der Waals surface area contributed by atoms with Crippen LogP contribution in [0, 0.1) is 11.8 Å². The molecule has 0 spiro atoms. The largest absolute Gasteiger partial charge is 0.460 e. The van der Waals surface area contributed by atoms with E-state index in [0.29, 0.717) is 0 Å². The van der Waals surface area contributed by atoms with Crippen molar-refractivity contribution in [1.82, 2.24) is 0 Å². The molecule has 1 saturated carbocycles. The first kappa shape index (κ1) is 13.7. The molecule has 1 unspecified atom stereocenters. The number of hydrogen-bond acceptors (Lipinski definition) is 1. The second kappa shape index (κ2) is 5.40. The maximum absolute atomic E-state index is 6.42. The Hall–Kier alpha value is -1.76. The van der Waals surface area contributed by atoms with Gasteiger partial charge in [0.05, 0.1) is 0 Å². The SMILES string of the molecule is c1ccc2c(c1)ccc1c3c(oc12)CC(C1CCCCC1)CC3. The summed E-state index contributed by atoms with van der Waals surface area (Å²) in [4.78, 5) is 0. The van der Waals surface area contributed by atoms with E-state index in [1.165, 1.54) is 78.8 Å². The van der Waals surface area contributed by atoms with E-state index in [1.807, 2.05) is 0 Å². The van der Waals surface area contributed by atoms with Crippen molar-refractivity contribution in [1.29, 1.82) is 0 Å². The zero-order chi connectivity index (χ0) is 15.2. The molecule has 5 rings (SSSR count). The summed E-state index contributed by atoms with van der Waals surface area (Å²) < 4.78 is 6.42. The molecule has 118 valence electrons. The van der Waals surface area contributed by atoms with Crippen LogP contribution in [-0.4, -0.2) is 0 Å². The van der Waals surface area contributed by atoms with Crippen molar-refractivity contribution < 1.29 is 4.42 Å². The van der Waals surface area contributed by atoms with Gasteiger partial charge in [-0.1, -0.05) is 68.5 Å². The third-order valence-electron chi connectivity index (χ3n) is 6.30. The number of benzene rings is 2. The van der Waals surface area contributed by atoms with Crippen LogP contribution in [0.5, 0.6) is 0 Å². The van der Waals surface area contributed by atoms with E-state index in [-0.39, 0.29) is 0 Å². The molecule has 2 aliphatic rings. The number of furan rings is 1. The predicted octanol–water partition coefficient (Wildman–Crippen LogP) is 6.27. The highest BCUT2D eigenvalue weighted by Gasteiger charge is 2.30. The summed E-state index contributed by atoms with van der Waals surface area (Å²) in [6, 6.07) is 13.1. The first-order valence-electron chi connectivity index (χ1n) is 9.32.